The Morgan fingerprint density at radius 1 is 1.76 bits per heavy atom. The topological polar surface area (TPSA) is 123 Å². The summed E-state index contributed by atoms with van der Waals surface area (Å²) in [4.78, 5) is 0.0753. The molecule has 1 heterocycles. The number of hydrogen-bond acceptors (Lipinski definition) is 5. The van der Waals surface area contributed by atoms with E-state index in [0.29, 0.717) is 0 Å². The van der Waals surface area contributed by atoms with Crippen molar-refractivity contribution in [1.82, 2.24) is 14.5 Å². The monoisotopic (exact) mass is 261 g/mol. The van der Waals surface area contributed by atoms with Crippen LogP contribution in [0.5, 0.6) is 0 Å². The van der Waals surface area contributed by atoms with Crippen molar-refractivity contribution in [2.75, 3.05) is 0 Å². The Balaban J connectivity index is 2.74. The number of oxime groups is 1. The summed E-state index contributed by atoms with van der Waals surface area (Å²) in [5.74, 6) is -0.0358. The van der Waals surface area contributed by atoms with Gasteiger partial charge in [0.2, 0.25) is 10.0 Å². The number of nitrogens with one attached hydrogen (secondary N) is 1. The molecule has 1 atom stereocenters. The van der Waals surface area contributed by atoms with E-state index in [-0.39, 0.29) is 17.2 Å². The minimum Gasteiger partial charge on any atom is -0.409 e. The van der Waals surface area contributed by atoms with Crippen molar-refractivity contribution >= 4 is 15.9 Å². The van der Waals surface area contributed by atoms with E-state index in [1.807, 2.05) is 0 Å². The van der Waals surface area contributed by atoms with E-state index in [9.17, 15) is 8.42 Å². The van der Waals surface area contributed by atoms with Crippen LogP contribution in [0.1, 0.15) is 13.3 Å². The summed E-state index contributed by atoms with van der Waals surface area (Å²) in [7, 11) is -1.99. The second-order valence-electron chi connectivity index (χ2n) is 3.67. The number of nitrogens with zero attached hydrogens (tertiary/aromatic N) is 3. The van der Waals surface area contributed by atoms with Gasteiger partial charge in [-0.05, 0) is 6.92 Å². The average Bonchev–Trinajstić information content (AvgIpc) is 2.64. The van der Waals surface area contributed by atoms with Crippen LogP contribution in [-0.2, 0) is 17.1 Å². The molecule has 0 aliphatic rings. The molecule has 0 saturated heterocycles. The zero-order valence-corrected chi connectivity index (χ0v) is 10.3. The van der Waals surface area contributed by atoms with E-state index >= 15 is 0 Å². The molecule has 9 heteroatoms. The van der Waals surface area contributed by atoms with Gasteiger partial charge in [-0.25, -0.2) is 13.1 Å². The van der Waals surface area contributed by atoms with Crippen molar-refractivity contribution in [1.29, 1.82) is 0 Å². The Kier molecular flexibility index (Phi) is 4.07. The molecule has 4 N–H and O–H groups in total. The summed E-state index contributed by atoms with van der Waals surface area (Å²) in [5, 5.41) is 14.9. The molecular formula is C8H15N5O3S. The molecule has 1 rings (SSSR count). The minimum absolute atomic E-state index is 0.0358. The van der Waals surface area contributed by atoms with Crippen LogP contribution in [0.2, 0.25) is 0 Å². The molecule has 1 aromatic heterocycles. The first-order valence-electron chi connectivity index (χ1n) is 4.82. The van der Waals surface area contributed by atoms with Gasteiger partial charge in [-0.1, -0.05) is 5.16 Å². The molecule has 0 aromatic carbocycles. The molecule has 0 fully saturated rings. The molecule has 0 spiro atoms. The quantitative estimate of drug-likeness (QED) is 0.278. The fourth-order valence-electron chi connectivity index (χ4n) is 1.27. The molecule has 0 amide bonds. The zero-order chi connectivity index (χ0) is 13.1. The van der Waals surface area contributed by atoms with Crippen LogP contribution < -0.4 is 10.5 Å². The van der Waals surface area contributed by atoms with Crippen molar-refractivity contribution in [3.63, 3.8) is 0 Å². The summed E-state index contributed by atoms with van der Waals surface area (Å²) >= 11 is 0. The number of sulfonamides is 1. The highest BCUT2D eigenvalue weighted by atomic mass is 32.2. The first-order chi connectivity index (χ1) is 7.85. The van der Waals surface area contributed by atoms with E-state index in [2.05, 4.69) is 15.0 Å². The highest BCUT2D eigenvalue weighted by Gasteiger charge is 2.19. The molecule has 0 aliphatic carbocycles. The maximum atomic E-state index is 11.8. The smallest absolute Gasteiger partial charge is 0.243 e. The standard InChI is InChI=1S/C8H15N5O3S/c1-6(3-8(9)11-14)12-17(15,16)7-4-10-13(2)5-7/h4-6,12,14H,3H2,1-2H3,(H2,9,11). The Labute approximate surface area is 99.2 Å². The fraction of sp³-hybridized carbons (Fsp3) is 0.500. The zero-order valence-electron chi connectivity index (χ0n) is 9.53. The van der Waals surface area contributed by atoms with E-state index in [1.54, 1.807) is 14.0 Å². The second kappa shape index (κ2) is 5.15. The van der Waals surface area contributed by atoms with Gasteiger partial charge in [-0.2, -0.15) is 5.10 Å². The number of aryl methyl sites for hydroxylation is 1. The van der Waals surface area contributed by atoms with Crippen LogP contribution in [0.4, 0.5) is 0 Å². The molecule has 1 unspecified atom stereocenters. The van der Waals surface area contributed by atoms with Gasteiger partial charge in [0.05, 0.1) is 6.20 Å². The number of amidine groups is 1. The Morgan fingerprint density at radius 2 is 2.41 bits per heavy atom. The third kappa shape index (κ3) is 3.71. The summed E-state index contributed by atoms with van der Waals surface area (Å²) in [6.07, 6.45) is 2.76. The SMILES string of the molecule is CC(CC(N)=NO)NS(=O)(=O)c1cnn(C)c1. The predicted octanol–water partition coefficient (Wildman–Crippen LogP) is -0.777. The summed E-state index contributed by atoms with van der Waals surface area (Å²) < 4.78 is 27.4. The predicted molar refractivity (Wildman–Crippen MR) is 61.0 cm³/mol. The van der Waals surface area contributed by atoms with Gasteiger partial charge < -0.3 is 10.9 Å². The second-order valence-corrected chi connectivity index (χ2v) is 5.38. The molecule has 0 radical (unpaired) electrons. The van der Waals surface area contributed by atoms with Gasteiger partial charge in [0, 0.05) is 25.7 Å². The molecule has 1 aromatic rings. The van der Waals surface area contributed by atoms with Crippen molar-refractivity contribution in [2.45, 2.75) is 24.3 Å². The van der Waals surface area contributed by atoms with Crippen molar-refractivity contribution in [3.05, 3.63) is 12.4 Å². The lowest BCUT2D eigenvalue weighted by molar-refractivity contribution is 0.316. The van der Waals surface area contributed by atoms with Gasteiger partial charge in [0.1, 0.15) is 10.7 Å². The molecule has 17 heavy (non-hydrogen) atoms. The molecule has 0 aliphatic heterocycles. The Hall–Kier alpha value is -1.61. The number of rotatable bonds is 5. The van der Waals surface area contributed by atoms with E-state index < -0.39 is 16.1 Å². The highest BCUT2D eigenvalue weighted by molar-refractivity contribution is 7.89. The average molecular weight is 261 g/mol. The summed E-state index contributed by atoms with van der Waals surface area (Å²) in [6, 6.07) is -0.476. The van der Waals surface area contributed by atoms with Crippen molar-refractivity contribution in [2.24, 2.45) is 17.9 Å². The summed E-state index contributed by atoms with van der Waals surface area (Å²) in [6.45, 7) is 1.62. The Morgan fingerprint density at radius 3 is 2.88 bits per heavy atom. The fourth-order valence-corrected chi connectivity index (χ4v) is 2.49. The normalized spacial score (nSPS) is 14.8. The van der Waals surface area contributed by atoms with Gasteiger partial charge in [0.25, 0.3) is 0 Å². The minimum atomic E-state index is -3.62. The van der Waals surface area contributed by atoms with Gasteiger partial charge >= 0.3 is 0 Å². The van der Waals surface area contributed by atoms with Crippen molar-refractivity contribution < 1.29 is 13.6 Å². The lowest BCUT2D eigenvalue weighted by Gasteiger charge is -2.12. The molecule has 96 valence electrons. The lowest BCUT2D eigenvalue weighted by atomic mass is 10.2. The van der Waals surface area contributed by atoms with Crippen molar-refractivity contribution in [3.8, 4) is 0 Å². The van der Waals surface area contributed by atoms with E-state index in [1.165, 1.54) is 17.1 Å². The number of hydrogen-bond donors (Lipinski definition) is 3. The first kappa shape index (κ1) is 13.5. The van der Waals surface area contributed by atoms with Crippen LogP contribution in [0, 0.1) is 0 Å². The largest absolute Gasteiger partial charge is 0.409 e. The molecule has 0 saturated carbocycles. The Bertz CT molecular complexity index is 507. The van der Waals surface area contributed by atoms with Crippen LogP contribution in [0.3, 0.4) is 0 Å². The highest BCUT2D eigenvalue weighted by Crippen LogP contribution is 2.07. The van der Waals surface area contributed by atoms with Crippen LogP contribution >= 0.6 is 0 Å². The van der Waals surface area contributed by atoms with Crippen LogP contribution in [0.15, 0.2) is 22.4 Å². The molecule has 8 nitrogen and oxygen atoms in total. The van der Waals surface area contributed by atoms with Gasteiger partial charge in [0.15, 0.2) is 0 Å². The third-order valence-electron chi connectivity index (χ3n) is 1.99. The maximum Gasteiger partial charge on any atom is 0.243 e. The van der Waals surface area contributed by atoms with E-state index in [0.717, 1.165) is 0 Å². The van der Waals surface area contributed by atoms with Gasteiger partial charge in [-0.15, -0.1) is 0 Å². The van der Waals surface area contributed by atoms with Gasteiger partial charge in [-0.3, -0.25) is 4.68 Å². The van der Waals surface area contributed by atoms with Crippen LogP contribution in [0.25, 0.3) is 0 Å². The van der Waals surface area contributed by atoms with Crippen LogP contribution in [-0.4, -0.2) is 35.3 Å². The molecular weight excluding hydrogens is 246 g/mol. The molecule has 0 bridgehead atoms. The van der Waals surface area contributed by atoms with E-state index in [4.69, 9.17) is 10.9 Å². The summed E-state index contributed by atoms with van der Waals surface area (Å²) in [5.41, 5.74) is 5.28. The number of aromatic nitrogens is 2. The third-order valence-corrected chi connectivity index (χ3v) is 3.54. The first-order valence-corrected chi connectivity index (χ1v) is 6.31. The number of nitrogens with two attached hydrogens (primary N) is 1. The lowest BCUT2D eigenvalue weighted by Crippen LogP contribution is -2.35. The maximum absolute atomic E-state index is 11.8.